The molecule has 0 atom stereocenters. The molecule has 20 heavy (non-hydrogen) atoms. The minimum atomic E-state index is -2.80. The second-order valence-corrected chi connectivity index (χ2v) is 4.23. The molecule has 106 valence electrons. The first kappa shape index (κ1) is 14.4. The van der Waals surface area contributed by atoms with Crippen LogP contribution in [0.15, 0.2) is 48.7 Å². The molecule has 0 aliphatic rings. The van der Waals surface area contributed by atoms with Gasteiger partial charge in [-0.05, 0) is 18.2 Å². The number of nitrogens with zero attached hydrogens (tertiary/aromatic N) is 1. The Morgan fingerprint density at radius 1 is 1.10 bits per heavy atom. The Bertz CT molecular complexity index is 520. The molecule has 0 fully saturated rings. The van der Waals surface area contributed by atoms with Crippen molar-refractivity contribution in [3.8, 4) is 5.75 Å². The molecule has 0 unspecified atom stereocenters. The Balaban J connectivity index is 1.82. The molecule has 2 rings (SSSR count). The van der Waals surface area contributed by atoms with E-state index in [4.69, 9.17) is 0 Å². The summed E-state index contributed by atoms with van der Waals surface area (Å²) in [6, 6.07) is 12.6. The molecule has 1 aromatic heterocycles. The number of pyridine rings is 1. The minimum Gasteiger partial charge on any atom is -0.434 e. The third kappa shape index (κ3) is 4.59. The van der Waals surface area contributed by atoms with Gasteiger partial charge < -0.3 is 10.1 Å². The first-order chi connectivity index (χ1) is 9.75. The second kappa shape index (κ2) is 7.55. The van der Waals surface area contributed by atoms with Crippen LogP contribution in [0.2, 0.25) is 0 Å². The number of alkyl halides is 2. The molecule has 3 nitrogen and oxygen atoms in total. The maximum absolute atomic E-state index is 12.3. The number of halogens is 2. The normalized spacial score (nSPS) is 10.8. The molecule has 1 N–H and O–H groups in total. The van der Waals surface area contributed by atoms with Gasteiger partial charge in [0.05, 0.1) is 0 Å². The van der Waals surface area contributed by atoms with E-state index in [1.165, 1.54) is 0 Å². The van der Waals surface area contributed by atoms with Gasteiger partial charge in [0.1, 0.15) is 5.75 Å². The Morgan fingerprint density at radius 3 is 2.65 bits per heavy atom. The Labute approximate surface area is 116 Å². The SMILES string of the molecule is FC(F)Oc1ccccc1CNCCc1ccccn1. The zero-order valence-corrected chi connectivity index (χ0v) is 10.9. The molecule has 0 radical (unpaired) electrons. The van der Waals surface area contributed by atoms with Gasteiger partial charge in [-0.2, -0.15) is 8.78 Å². The Kier molecular flexibility index (Phi) is 5.43. The van der Waals surface area contributed by atoms with Gasteiger partial charge in [-0.1, -0.05) is 24.3 Å². The number of rotatable bonds is 7. The fourth-order valence-corrected chi connectivity index (χ4v) is 1.85. The molecule has 5 heteroatoms. The first-order valence-electron chi connectivity index (χ1n) is 6.39. The van der Waals surface area contributed by atoms with Gasteiger partial charge in [0.15, 0.2) is 0 Å². The number of hydrogen-bond donors (Lipinski definition) is 1. The molecule has 0 spiro atoms. The van der Waals surface area contributed by atoms with Crippen LogP contribution < -0.4 is 10.1 Å². The molecular formula is C15H16F2N2O. The van der Waals surface area contributed by atoms with Crippen LogP contribution in [0.25, 0.3) is 0 Å². The summed E-state index contributed by atoms with van der Waals surface area (Å²) in [5.74, 6) is 0.216. The van der Waals surface area contributed by atoms with Crippen molar-refractivity contribution in [2.24, 2.45) is 0 Å². The molecule has 2 aromatic rings. The number of aromatic nitrogens is 1. The van der Waals surface area contributed by atoms with E-state index in [1.54, 1.807) is 30.5 Å². The number of benzene rings is 1. The summed E-state index contributed by atoms with van der Waals surface area (Å²) in [6.07, 6.45) is 2.54. The molecule has 0 aliphatic heterocycles. The van der Waals surface area contributed by atoms with Gasteiger partial charge in [0.25, 0.3) is 0 Å². The molecule has 0 bridgehead atoms. The van der Waals surface area contributed by atoms with E-state index in [-0.39, 0.29) is 5.75 Å². The topological polar surface area (TPSA) is 34.1 Å². The van der Waals surface area contributed by atoms with Crippen molar-refractivity contribution in [3.63, 3.8) is 0 Å². The van der Waals surface area contributed by atoms with Crippen molar-refractivity contribution in [2.45, 2.75) is 19.6 Å². The molecular weight excluding hydrogens is 262 g/mol. The van der Waals surface area contributed by atoms with Crippen molar-refractivity contribution < 1.29 is 13.5 Å². The quantitative estimate of drug-likeness (QED) is 0.791. The number of hydrogen-bond acceptors (Lipinski definition) is 3. The average Bonchev–Trinajstić information content (AvgIpc) is 2.46. The minimum absolute atomic E-state index is 0.216. The van der Waals surface area contributed by atoms with Gasteiger partial charge in [-0.25, -0.2) is 0 Å². The summed E-state index contributed by atoms with van der Waals surface area (Å²) < 4.78 is 29.0. The third-order valence-electron chi connectivity index (χ3n) is 2.79. The van der Waals surface area contributed by atoms with Gasteiger partial charge in [0.2, 0.25) is 0 Å². The molecule has 0 saturated heterocycles. The molecule has 0 amide bonds. The number of ether oxygens (including phenoxy) is 1. The highest BCUT2D eigenvalue weighted by Gasteiger charge is 2.08. The second-order valence-electron chi connectivity index (χ2n) is 4.23. The lowest BCUT2D eigenvalue weighted by atomic mass is 10.2. The lowest BCUT2D eigenvalue weighted by molar-refractivity contribution is -0.0504. The first-order valence-corrected chi connectivity index (χ1v) is 6.39. The van der Waals surface area contributed by atoms with Crippen molar-refractivity contribution in [1.82, 2.24) is 10.3 Å². The van der Waals surface area contributed by atoms with Crippen molar-refractivity contribution in [2.75, 3.05) is 6.54 Å². The van der Waals surface area contributed by atoms with Crippen LogP contribution in [0.3, 0.4) is 0 Å². The van der Waals surface area contributed by atoms with Crippen LogP contribution in [0.1, 0.15) is 11.3 Å². The molecule has 0 aliphatic carbocycles. The maximum atomic E-state index is 12.3. The monoisotopic (exact) mass is 278 g/mol. The zero-order valence-electron chi connectivity index (χ0n) is 10.9. The van der Waals surface area contributed by atoms with Crippen molar-refractivity contribution in [3.05, 3.63) is 59.9 Å². The van der Waals surface area contributed by atoms with Crippen LogP contribution >= 0.6 is 0 Å². The van der Waals surface area contributed by atoms with E-state index in [2.05, 4.69) is 15.0 Å². The van der Waals surface area contributed by atoms with Gasteiger partial charge in [0, 0.05) is 37.0 Å². The van der Waals surface area contributed by atoms with E-state index in [1.807, 2.05) is 18.2 Å². The average molecular weight is 278 g/mol. The molecule has 0 saturated carbocycles. The lowest BCUT2D eigenvalue weighted by Crippen LogP contribution is -2.18. The third-order valence-corrected chi connectivity index (χ3v) is 2.79. The van der Waals surface area contributed by atoms with E-state index in [0.717, 1.165) is 18.7 Å². The zero-order chi connectivity index (χ0) is 14.2. The standard InChI is InChI=1S/C15H16F2N2O/c16-15(17)20-14-7-2-1-5-12(14)11-18-10-8-13-6-3-4-9-19-13/h1-7,9,15,18H,8,10-11H2. The Hall–Kier alpha value is -2.01. The van der Waals surface area contributed by atoms with Gasteiger partial charge >= 0.3 is 6.61 Å². The van der Waals surface area contributed by atoms with E-state index < -0.39 is 6.61 Å². The van der Waals surface area contributed by atoms with Crippen molar-refractivity contribution in [1.29, 1.82) is 0 Å². The van der Waals surface area contributed by atoms with Crippen molar-refractivity contribution >= 4 is 0 Å². The number of nitrogens with one attached hydrogen (secondary N) is 1. The van der Waals surface area contributed by atoms with Crippen LogP contribution in [0, 0.1) is 0 Å². The van der Waals surface area contributed by atoms with Crippen LogP contribution in [-0.2, 0) is 13.0 Å². The number of para-hydroxylation sites is 1. The fourth-order valence-electron chi connectivity index (χ4n) is 1.85. The van der Waals surface area contributed by atoms with Crippen LogP contribution in [0.4, 0.5) is 8.78 Å². The highest BCUT2D eigenvalue weighted by Crippen LogP contribution is 2.19. The summed E-state index contributed by atoms with van der Waals surface area (Å²) in [5, 5.41) is 3.20. The van der Waals surface area contributed by atoms with E-state index in [9.17, 15) is 8.78 Å². The summed E-state index contributed by atoms with van der Waals surface area (Å²) in [7, 11) is 0. The predicted molar refractivity (Wildman–Crippen MR) is 72.7 cm³/mol. The fraction of sp³-hybridized carbons (Fsp3) is 0.267. The summed E-state index contributed by atoms with van der Waals surface area (Å²) in [5.41, 5.74) is 1.71. The summed E-state index contributed by atoms with van der Waals surface area (Å²) in [6.45, 7) is -1.60. The van der Waals surface area contributed by atoms with E-state index in [0.29, 0.717) is 12.1 Å². The Morgan fingerprint density at radius 2 is 1.90 bits per heavy atom. The molecule has 1 heterocycles. The van der Waals surface area contributed by atoms with Gasteiger partial charge in [-0.3, -0.25) is 4.98 Å². The highest BCUT2D eigenvalue weighted by atomic mass is 19.3. The van der Waals surface area contributed by atoms with Crippen LogP contribution in [0.5, 0.6) is 5.75 Å². The highest BCUT2D eigenvalue weighted by molar-refractivity contribution is 5.33. The smallest absolute Gasteiger partial charge is 0.387 e. The maximum Gasteiger partial charge on any atom is 0.387 e. The van der Waals surface area contributed by atoms with Gasteiger partial charge in [-0.15, -0.1) is 0 Å². The van der Waals surface area contributed by atoms with Crippen LogP contribution in [-0.4, -0.2) is 18.1 Å². The summed E-state index contributed by atoms with van der Waals surface area (Å²) in [4.78, 5) is 4.22. The molecule has 1 aromatic carbocycles. The predicted octanol–water partition coefficient (Wildman–Crippen LogP) is 3.02. The van der Waals surface area contributed by atoms with E-state index >= 15 is 0 Å². The lowest BCUT2D eigenvalue weighted by Gasteiger charge is -2.11. The largest absolute Gasteiger partial charge is 0.434 e. The summed E-state index contributed by atoms with van der Waals surface area (Å²) >= 11 is 0.